The van der Waals surface area contributed by atoms with E-state index in [4.69, 9.17) is 21.6 Å². The molecule has 2 atom stereocenters. The number of terminal acetylenes is 2. The van der Waals surface area contributed by atoms with Gasteiger partial charge in [0.1, 0.15) is 24.0 Å². The zero-order valence-corrected chi connectivity index (χ0v) is 16.3. The number of nitrogens with two attached hydrogens (primary N) is 1. The highest BCUT2D eigenvalue weighted by molar-refractivity contribution is 6.09. The molecule has 1 fully saturated rings. The summed E-state index contributed by atoms with van der Waals surface area (Å²) in [6.07, 6.45) is 15.6. The first-order chi connectivity index (χ1) is 14.1. The second-order valence-electron chi connectivity index (χ2n) is 6.26. The molecule has 3 N–H and O–H groups in total. The minimum absolute atomic E-state index is 0.155. The standard InChI is InChI=1S/C18H23N5O4.C2H2/c1-3-4-13(10-24)27-12(2)23-9-14(15-16(19)20-11-21-17(15)23)18(25)22-5-7-26-8-6-22;1-2/h1,9,11-13,24H,4-8,10H2,2H3,(H2,19,20,21);1-2H/t12-,13+;/m1./s1. The van der Waals surface area contributed by atoms with Crippen LogP contribution in [0.1, 0.15) is 29.9 Å². The number of nitrogen functional groups attached to an aromatic ring is 1. The zero-order valence-electron chi connectivity index (χ0n) is 16.3. The number of anilines is 1. The predicted molar refractivity (Wildman–Crippen MR) is 109 cm³/mol. The van der Waals surface area contributed by atoms with Crippen LogP contribution < -0.4 is 5.73 Å². The third kappa shape index (κ3) is 4.84. The van der Waals surface area contributed by atoms with E-state index in [9.17, 15) is 9.90 Å². The van der Waals surface area contributed by atoms with Crippen LogP contribution in [0.3, 0.4) is 0 Å². The minimum atomic E-state index is -0.515. The Hall–Kier alpha value is -3.11. The number of amides is 1. The summed E-state index contributed by atoms with van der Waals surface area (Å²) in [5, 5.41) is 9.91. The first-order valence-corrected chi connectivity index (χ1v) is 9.08. The Morgan fingerprint density at radius 2 is 2.10 bits per heavy atom. The van der Waals surface area contributed by atoms with Gasteiger partial charge in [0.25, 0.3) is 5.91 Å². The van der Waals surface area contributed by atoms with Gasteiger partial charge in [0.05, 0.1) is 36.9 Å². The van der Waals surface area contributed by atoms with E-state index < -0.39 is 12.3 Å². The van der Waals surface area contributed by atoms with Gasteiger partial charge in [0.15, 0.2) is 0 Å². The first-order valence-electron chi connectivity index (χ1n) is 9.08. The van der Waals surface area contributed by atoms with Gasteiger partial charge in [-0.05, 0) is 6.92 Å². The van der Waals surface area contributed by atoms with E-state index in [0.29, 0.717) is 42.9 Å². The van der Waals surface area contributed by atoms with E-state index in [1.54, 1.807) is 22.6 Å². The Labute approximate surface area is 169 Å². The molecular formula is C20H25N5O4. The third-order valence-corrected chi connectivity index (χ3v) is 4.50. The zero-order chi connectivity index (χ0) is 21.4. The molecule has 0 bridgehead atoms. The van der Waals surface area contributed by atoms with E-state index in [2.05, 4.69) is 28.7 Å². The van der Waals surface area contributed by atoms with E-state index in [1.807, 2.05) is 0 Å². The Bertz CT molecular complexity index is 895. The second kappa shape index (κ2) is 10.4. The van der Waals surface area contributed by atoms with Crippen molar-refractivity contribution in [2.24, 2.45) is 0 Å². The fraction of sp³-hybridized carbons (Fsp3) is 0.450. The molecule has 0 unspecified atom stereocenters. The molecule has 1 aliphatic heterocycles. The molecule has 3 rings (SSSR count). The number of aliphatic hydroxyl groups is 1. The molecule has 1 aliphatic rings. The van der Waals surface area contributed by atoms with Crippen molar-refractivity contribution < 1.29 is 19.4 Å². The van der Waals surface area contributed by atoms with Crippen molar-refractivity contribution in [3.05, 3.63) is 18.1 Å². The van der Waals surface area contributed by atoms with Crippen LogP contribution in [-0.2, 0) is 9.47 Å². The van der Waals surface area contributed by atoms with Crippen molar-refractivity contribution in [1.82, 2.24) is 19.4 Å². The van der Waals surface area contributed by atoms with E-state index in [-0.39, 0.29) is 24.8 Å². The summed E-state index contributed by atoms with van der Waals surface area (Å²) in [6.45, 7) is 3.62. The Morgan fingerprint density at radius 1 is 1.41 bits per heavy atom. The van der Waals surface area contributed by atoms with Gasteiger partial charge in [-0.1, -0.05) is 0 Å². The van der Waals surface area contributed by atoms with Crippen LogP contribution in [0.15, 0.2) is 12.5 Å². The highest BCUT2D eigenvalue weighted by Gasteiger charge is 2.26. The smallest absolute Gasteiger partial charge is 0.256 e. The summed E-state index contributed by atoms with van der Waals surface area (Å²) in [5.41, 5.74) is 6.95. The SMILES string of the molecule is C#C.C#CC[C@@H](CO)O[C@H](C)n1cc(C(=O)N2CCOCC2)c2c(N)ncnc21. The Kier molecular flexibility index (Phi) is 7.98. The molecule has 9 nitrogen and oxygen atoms in total. The predicted octanol–water partition coefficient (Wildman–Crippen LogP) is 0.655. The third-order valence-electron chi connectivity index (χ3n) is 4.50. The van der Waals surface area contributed by atoms with Crippen molar-refractivity contribution in [3.8, 4) is 25.2 Å². The summed E-state index contributed by atoms with van der Waals surface area (Å²) in [7, 11) is 0. The number of ether oxygens (including phenoxy) is 2. The van der Waals surface area contributed by atoms with E-state index in [0.717, 1.165) is 0 Å². The lowest BCUT2D eigenvalue weighted by atomic mass is 10.2. The minimum Gasteiger partial charge on any atom is -0.394 e. The number of carbonyl (C=O) groups excluding carboxylic acids is 1. The highest BCUT2D eigenvalue weighted by Crippen LogP contribution is 2.29. The lowest BCUT2D eigenvalue weighted by Gasteiger charge is -2.26. The molecule has 3 heterocycles. The average molecular weight is 399 g/mol. The topological polar surface area (TPSA) is 116 Å². The maximum absolute atomic E-state index is 13.0. The maximum atomic E-state index is 13.0. The van der Waals surface area contributed by atoms with Gasteiger partial charge in [0, 0.05) is 25.7 Å². The maximum Gasteiger partial charge on any atom is 0.256 e. The van der Waals surface area contributed by atoms with Crippen LogP contribution >= 0.6 is 0 Å². The monoisotopic (exact) mass is 399 g/mol. The first kappa shape index (κ1) is 22.2. The molecule has 1 amide bonds. The molecule has 2 aromatic heterocycles. The second-order valence-corrected chi connectivity index (χ2v) is 6.26. The van der Waals surface area contributed by atoms with Gasteiger partial charge in [-0.15, -0.1) is 25.2 Å². The lowest BCUT2D eigenvalue weighted by Crippen LogP contribution is -2.40. The number of morpholine rings is 1. The van der Waals surface area contributed by atoms with Gasteiger partial charge >= 0.3 is 0 Å². The lowest BCUT2D eigenvalue weighted by molar-refractivity contribution is -0.0606. The molecule has 0 saturated carbocycles. The molecule has 29 heavy (non-hydrogen) atoms. The summed E-state index contributed by atoms with van der Waals surface area (Å²) < 4.78 is 12.9. The van der Waals surface area contributed by atoms with Crippen LogP contribution in [0.2, 0.25) is 0 Å². The Morgan fingerprint density at radius 3 is 2.72 bits per heavy atom. The Balaban J connectivity index is 0.00000145. The van der Waals surface area contributed by atoms with Gasteiger partial charge in [-0.2, -0.15) is 0 Å². The van der Waals surface area contributed by atoms with Crippen LogP contribution in [0.25, 0.3) is 11.0 Å². The summed E-state index contributed by atoms with van der Waals surface area (Å²) in [6, 6.07) is 0. The highest BCUT2D eigenvalue weighted by atomic mass is 16.5. The van der Waals surface area contributed by atoms with Gasteiger partial charge < -0.3 is 29.8 Å². The molecule has 0 spiro atoms. The van der Waals surface area contributed by atoms with Crippen LogP contribution in [0.5, 0.6) is 0 Å². The number of aromatic nitrogens is 3. The molecule has 154 valence electrons. The average Bonchev–Trinajstić information content (AvgIpc) is 3.16. The molecule has 0 aromatic carbocycles. The van der Waals surface area contributed by atoms with Gasteiger partial charge in [-0.25, -0.2) is 9.97 Å². The molecule has 9 heteroatoms. The van der Waals surface area contributed by atoms with Crippen molar-refractivity contribution in [2.75, 3.05) is 38.6 Å². The molecule has 2 aromatic rings. The van der Waals surface area contributed by atoms with Crippen LogP contribution in [0.4, 0.5) is 5.82 Å². The summed E-state index contributed by atoms with van der Waals surface area (Å²) >= 11 is 0. The van der Waals surface area contributed by atoms with Crippen molar-refractivity contribution in [1.29, 1.82) is 0 Å². The van der Waals surface area contributed by atoms with E-state index in [1.165, 1.54) is 6.33 Å². The molecule has 0 radical (unpaired) electrons. The van der Waals surface area contributed by atoms with Crippen molar-refractivity contribution in [2.45, 2.75) is 25.7 Å². The quantitative estimate of drug-likeness (QED) is 0.685. The fourth-order valence-corrected chi connectivity index (χ4v) is 3.12. The molecule has 1 saturated heterocycles. The van der Waals surface area contributed by atoms with Crippen LogP contribution in [-0.4, -0.2) is 69.5 Å². The number of aliphatic hydroxyl groups excluding tert-OH is 1. The number of hydrogen-bond acceptors (Lipinski definition) is 7. The number of hydrogen-bond donors (Lipinski definition) is 2. The largest absolute Gasteiger partial charge is 0.394 e. The number of nitrogens with zero attached hydrogens (tertiary/aromatic N) is 4. The van der Waals surface area contributed by atoms with Crippen LogP contribution in [0, 0.1) is 25.2 Å². The number of fused-ring (bicyclic) bond motifs is 1. The molecule has 0 aliphatic carbocycles. The van der Waals surface area contributed by atoms with Crippen molar-refractivity contribution in [3.63, 3.8) is 0 Å². The van der Waals surface area contributed by atoms with Gasteiger partial charge in [0.2, 0.25) is 0 Å². The van der Waals surface area contributed by atoms with E-state index >= 15 is 0 Å². The summed E-state index contributed by atoms with van der Waals surface area (Å²) in [4.78, 5) is 23.0. The normalized spacial score (nSPS) is 15.8. The van der Waals surface area contributed by atoms with Crippen molar-refractivity contribution >= 4 is 22.8 Å². The molecular weight excluding hydrogens is 374 g/mol. The summed E-state index contributed by atoms with van der Waals surface area (Å²) in [5.74, 6) is 2.55. The fourth-order valence-electron chi connectivity index (χ4n) is 3.12. The number of rotatable bonds is 6. The number of carbonyl (C=O) groups is 1. The van der Waals surface area contributed by atoms with Gasteiger partial charge in [-0.3, -0.25) is 4.79 Å².